The Bertz CT molecular complexity index is 1080. The summed E-state index contributed by atoms with van der Waals surface area (Å²) in [7, 11) is 0. The zero-order valence-corrected chi connectivity index (χ0v) is 23.8. The number of aliphatic hydroxyl groups excluding tert-OH is 1. The highest BCUT2D eigenvalue weighted by Crippen LogP contribution is 2.69. The van der Waals surface area contributed by atoms with Crippen LogP contribution in [0.15, 0.2) is 49.6 Å². The number of nitrogens with zero attached hydrogens (tertiary/aromatic N) is 3. The van der Waals surface area contributed by atoms with Crippen molar-refractivity contribution >= 4 is 46.8 Å². The number of amides is 3. The smallest absolute Gasteiger partial charge is 0.251 e. The monoisotopic (exact) mass is 559 g/mol. The summed E-state index contributed by atoms with van der Waals surface area (Å²) in [6, 6.07) is 6.31. The third-order valence-corrected chi connectivity index (χ3v) is 10.5. The maximum atomic E-state index is 14.5. The van der Waals surface area contributed by atoms with Gasteiger partial charge in [-0.3, -0.25) is 14.4 Å². The summed E-state index contributed by atoms with van der Waals surface area (Å²) in [4.78, 5) is 47.7. The zero-order valence-electron chi connectivity index (χ0n) is 22.2. The van der Waals surface area contributed by atoms with Crippen molar-refractivity contribution in [2.75, 3.05) is 37.7 Å². The summed E-state index contributed by atoms with van der Waals surface area (Å²) in [5.74, 6) is -1.35. The van der Waals surface area contributed by atoms with Gasteiger partial charge in [0, 0.05) is 48.7 Å². The summed E-state index contributed by atoms with van der Waals surface area (Å²) in [5, 5.41) is 10.2. The Labute approximate surface area is 234 Å². The number of aliphatic hydroxyl groups is 1. The predicted octanol–water partition coefficient (Wildman–Crippen LogP) is 4.00. The lowest BCUT2D eigenvalue weighted by Crippen LogP contribution is -2.57. The second kappa shape index (κ2) is 11.8. The van der Waals surface area contributed by atoms with E-state index in [1.165, 1.54) is 0 Å². The topological polar surface area (TPSA) is 81.2 Å². The van der Waals surface area contributed by atoms with E-state index in [-0.39, 0.29) is 48.6 Å². The van der Waals surface area contributed by atoms with Crippen LogP contribution in [0, 0.1) is 17.8 Å². The van der Waals surface area contributed by atoms with Gasteiger partial charge in [-0.15, -0.1) is 24.9 Å². The molecule has 0 saturated carbocycles. The molecule has 3 heterocycles. The van der Waals surface area contributed by atoms with Crippen molar-refractivity contribution in [2.45, 2.75) is 49.1 Å². The van der Waals surface area contributed by atoms with Crippen LogP contribution in [0.3, 0.4) is 0 Å². The van der Waals surface area contributed by atoms with E-state index in [4.69, 9.17) is 11.6 Å². The number of likely N-dealkylation sites (tertiary alicyclic amines) is 1. The Morgan fingerprint density at radius 1 is 1.21 bits per heavy atom. The molecule has 7 nitrogen and oxygen atoms in total. The Kier molecular flexibility index (Phi) is 8.95. The van der Waals surface area contributed by atoms with Crippen LogP contribution in [0.2, 0.25) is 5.02 Å². The van der Waals surface area contributed by atoms with Crippen molar-refractivity contribution < 1.29 is 19.5 Å². The molecule has 3 aliphatic rings. The van der Waals surface area contributed by atoms with Gasteiger partial charge < -0.3 is 19.8 Å². The lowest BCUT2D eigenvalue weighted by Gasteiger charge is -2.41. The van der Waals surface area contributed by atoms with Crippen LogP contribution in [-0.2, 0) is 14.4 Å². The summed E-state index contributed by atoms with van der Waals surface area (Å²) in [6.07, 6.45) is 5.34. The Balaban J connectivity index is 1.78. The van der Waals surface area contributed by atoms with E-state index < -0.39 is 22.6 Å². The van der Waals surface area contributed by atoms with E-state index in [1.807, 2.05) is 6.92 Å². The van der Waals surface area contributed by atoms with Gasteiger partial charge in [0.1, 0.15) is 6.04 Å². The first kappa shape index (κ1) is 28.7. The molecule has 206 valence electrons. The number of hydrogen-bond donors (Lipinski definition) is 1. The molecule has 0 radical (unpaired) electrons. The fourth-order valence-corrected chi connectivity index (χ4v) is 9.25. The van der Waals surface area contributed by atoms with Crippen molar-refractivity contribution in [1.82, 2.24) is 9.80 Å². The van der Waals surface area contributed by atoms with Gasteiger partial charge in [0.15, 0.2) is 0 Å². The molecule has 38 heavy (non-hydrogen) atoms. The van der Waals surface area contributed by atoms with Gasteiger partial charge in [-0.1, -0.05) is 37.6 Å². The molecule has 1 N–H and O–H groups in total. The minimum absolute atomic E-state index is 0.0192. The SMILES string of the molecule is C=CCN(CCC)C(=O)[C@@H]1[C@@H]2CC(C)C3(S2)C(C(=O)N(CC=C)c2ccc(Cl)cc2)N(CCCO)C(=O)[C@H]13. The molecule has 3 saturated heterocycles. The first-order chi connectivity index (χ1) is 18.3. The fraction of sp³-hybridized carbons (Fsp3) is 0.552. The molecule has 3 amide bonds. The summed E-state index contributed by atoms with van der Waals surface area (Å²) in [5.41, 5.74) is 0.673. The first-order valence-corrected chi connectivity index (χ1v) is 14.7. The first-order valence-electron chi connectivity index (χ1n) is 13.4. The molecule has 0 aliphatic carbocycles. The highest BCUT2D eigenvalue weighted by molar-refractivity contribution is 8.02. The lowest BCUT2D eigenvalue weighted by molar-refractivity contribution is -0.144. The van der Waals surface area contributed by atoms with Gasteiger partial charge in [-0.2, -0.15) is 0 Å². The van der Waals surface area contributed by atoms with Gasteiger partial charge in [-0.05, 0) is 49.4 Å². The second-order valence-corrected chi connectivity index (χ2v) is 12.4. The maximum Gasteiger partial charge on any atom is 0.251 e. The summed E-state index contributed by atoms with van der Waals surface area (Å²) < 4.78 is -0.716. The largest absolute Gasteiger partial charge is 0.396 e. The lowest BCUT2D eigenvalue weighted by atomic mass is 9.65. The van der Waals surface area contributed by atoms with Gasteiger partial charge in [-0.25, -0.2) is 0 Å². The van der Waals surface area contributed by atoms with E-state index in [0.29, 0.717) is 30.2 Å². The van der Waals surface area contributed by atoms with E-state index in [1.54, 1.807) is 62.9 Å². The number of anilines is 1. The number of carbonyl (C=O) groups is 3. The average Bonchev–Trinajstić information content (AvgIpc) is 3.49. The molecule has 1 aromatic carbocycles. The molecule has 2 bridgehead atoms. The molecule has 3 aliphatic heterocycles. The molecule has 3 unspecified atom stereocenters. The number of halogens is 1. The fourth-order valence-electron chi connectivity index (χ4n) is 6.71. The Morgan fingerprint density at radius 2 is 1.89 bits per heavy atom. The second-order valence-electron chi connectivity index (χ2n) is 10.4. The van der Waals surface area contributed by atoms with Crippen LogP contribution in [0.4, 0.5) is 5.69 Å². The minimum atomic E-state index is -0.746. The molecule has 9 heteroatoms. The minimum Gasteiger partial charge on any atom is -0.396 e. The van der Waals surface area contributed by atoms with Crippen molar-refractivity contribution in [3.05, 3.63) is 54.6 Å². The molecule has 3 fully saturated rings. The van der Waals surface area contributed by atoms with Crippen LogP contribution in [0.1, 0.15) is 33.1 Å². The highest BCUT2D eigenvalue weighted by Gasteiger charge is 2.76. The Hall–Kier alpha value is -2.29. The number of rotatable bonds is 12. The van der Waals surface area contributed by atoms with Gasteiger partial charge in [0.2, 0.25) is 11.8 Å². The quantitative estimate of drug-likeness (QED) is 0.391. The van der Waals surface area contributed by atoms with Crippen LogP contribution < -0.4 is 4.90 Å². The van der Waals surface area contributed by atoms with E-state index >= 15 is 0 Å². The van der Waals surface area contributed by atoms with Crippen LogP contribution in [-0.4, -0.2) is 81.5 Å². The molecular weight excluding hydrogens is 522 g/mol. The third kappa shape index (κ3) is 4.69. The number of hydrogen-bond acceptors (Lipinski definition) is 5. The van der Waals surface area contributed by atoms with Gasteiger partial charge in [0.05, 0.1) is 16.6 Å². The number of carbonyl (C=O) groups excluding carboxylic acids is 3. The summed E-state index contributed by atoms with van der Waals surface area (Å²) in [6.45, 7) is 13.3. The van der Waals surface area contributed by atoms with Crippen LogP contribution in [0.5, 0.6) is 0 Å². The molecule has 1 aromatic rings. The van der Waals surface area contributed by atoms with Crippen molar-refractivity contribution in [2.24, 2.45) is 17.8 Å². The van der Waals surface area contributed by atoms with Crippen molar-refractivity contribution in [1.29, 1.82) is 0 Å². The summed E-state index contributed by atoms with van der Waals surface area (Å²) >= 11 is 7.78. The molecule has 0 aromatic heterocycles. The van der Waals surface area contributed by atoms with E-state index in [2.05, 4.69) is 20.1 Å². The van der Waals surface area contributed by atoms with Crippen LogP contribution >= 0.6 is 23.4 Å². The molecular formula is C29H38ClN3O4S. The number of thioether (sulfide) groups is 1. The Morgan fingerprint density at radius 3 is 2.50 bits per heavy atom. The van der Waals surface area contributed by atoms with Gasteiger partial charge in [0.25, 0.3) is 5.91 Å². The third-order valence-electron chi connectivity index (χ3n) is 8.19. The standard InChI is InChI=1S/C29H38ClN3O4S/c1-5-13-31(14-6-2)26(35)23-22-18-19(4)29(38-22)24(23)27(36)33(16-8-17-34)25(29)28(37)32(15-7-3)21-11-9-20(30)10-12-21/h5,7,9-12,19,22-25,34H,1,3,6,8,13-18H2,2,4H3/t19?,22-,23+,24-,25?,29?/m0/s1. The predicted molar refractivity (Wildman–Crippen MR) is 153 cm³/mol. The maximum absolute atomic E-state index is 14.5. The normalized spacial score (nSPS) is 29.3. The van der Waals surface area contributed by atoms with E-state index in [0.717, 1.165) is 12.8 Å². The van der Waals surface area contributed by atoms with Crippen molar-refractivity contribution in [3.63, 3.8) is 0 Å². The van der Waals surface area contributed by atoms with Gasteiger partial charge >= 0.3 is 0 Å². The number of benzene rings is 1. The molecule has 4 rings (SSSR count). The van der Waals surface area contributed by atoms with E-state index in [9.17, 15) is 19.5 Å². The molecule has 6 atom stereocenters. The zero-order chi connectivity index (χ0) is 27.6. The average molecular weight is 560 g/mol. The molecule has 1 spiro atoms. The highest BCUT2D eigenvalue weighted by atomic mass is 35.5. The van der Waals surface area contributed by atoms with Crippen molar-refractivity contribution in [3.8, 4) is 0 Å². The van der Waals surface area contributed by atoms with Crippen LogP contribution in [0.25, 0.3) is 0 Å². The number of fused-ring (bicyclic) bond motifs is 1.